The SMILES string of the molecule is Cc1cc(C)n(-c2cccc(NC(=O)[C@@H](NC(=O)c3c(F)cccc3F)C(C)C)c2)n1. The second-order valence-electron chi connectivity index (χ2n) is 7.67. The van der Waals surface area contributed by atoms with Crippen LogP contribution in [0.1, 0.15) is 35.6 Å². The monoisotopic (exact) mass is 426 g/mol. The fraction of sp³-hybridized carbons (Fsp3) is 0.261. The molecule has 1 heterocycles. The standard InChI is InChI=1S/C23H24F2N4O2/c1-13(2)21(27-22(30)20-18(24)9-6-10-19(20)25)23(31)26-16-7-5-8-17(12-16)29-15(4)11-14(3)28-29/h5-13,21H,1-4H3,(H,26,31)(H,27,30)/t21-/m0/s1. The number of amides is 2. The minimum atomic E-state index is -0.996. The maximum absolute atomic E-state index is 13.9. The molecule has 0 aliphatic carbocycles. The zero-order chi connectivity index (χ0) is 22.7. The molecule has 1 atom stereocenters. The number of hydrogen-bond donors (Lipinski definition) is 2. The van der Waals surface area contributed by atoms with Gasteiger partial charge in [-0.15, -0.1) is 0 Å². The van der Waals surface area contributed by atoms with Gasteiger partial charge in [-0.05, 0) is 56.2 Å². The lowest BCUT2D eigenvalue weighted by Gasteiger charge is -2.22. The summed E-state index contributed by atoms with van der Waals surface area (Å²) in [4.78, 5) is 25.3. The van der Waals surface area contributed by atoms with E-state index in [9.17, 15) is 18.4 Å². The van der Waals surface area contributed by atoms with Crippen LogP contribution in [0.5, 0.6) is 0 Å². The van der Waals surface area contributed by atoms with Crippen molar-refractivity contribution in [1.82, 2.24) is 15.1 Å². The van der Waals surface area contributed by atoms with Crippen molar-refractivity contribution in [3.8, 4) is 5.69 Å². The van der Waals surface area contributed by atoms with Crippen molar-refractivity contribution in [1.29, 1.82) is 0 Å². The predicted octanol–water partition coefficient (Wildman–Crippen LogP) is 4.16. The van der Waals surface area contributed by atoms with E-state index in [0.29, 0.717) is 5.69 Å². The van der Waals surface area contributed by atoms with Crippen molar-refractivity contribution in [3.05, 3.63) is 77.1 Å². The van der Waals surface area contributed by atoms with E-state index in [2.05, 4.69) is 15.7 Å². The quantitative estimate of drug-likeness (QED) is 0.622. The summed E-state index contributed by atoms with van der Waals surface area (Å²) < 4.78 is 29.6. The summed E-state index contributed by atoms with van der Waals surface area (Å²) in [6.07, 6.45) is 0. The Morgan fingerprint density at radius 3 is 2.23 bits per heavy atom. The molecule has 1 aromatic heterocycles. The van der Waals surface area contributed by atoms with Crippen molar-refractivity contribution in [3.63, 3.8) is 0 Å². The van der Waals surface area contributed by atoms with Gasteiger partial charge in [0, 0.05) is 11.4 Å². The lowest BCUT2D eigenvalue weighted by Crippen LogP contribution is -2.47. The van der Waals surface area contributed by atoms with Crippen LogP contribution in [0.15, 0.2) is 48.5 Å². The van der Waals surface area contributed by atoms with E-state index >= 15 is 0 Å². The topological polar surface area (TPSA) is 76.0 Å². The van der Waals surface area contributed by atoms with E-state index in [1.54, 1.807) is 36.7 Å². The van der Waals surface area contributed by atoms with Gasteiger partial charge in [0.25, 0.3) is 5.91 Å². The second-order valence-corrected chi connectivity index (χ2v) is 7.67. The third-order valence-corrected chi connectivity index (χ3v) is 4.79. The summed E-state index contributed by atoms with van der Waals surface area (Å²) in [6, 6.07) is 11.2. The molecule has 162 valence electrons. The van der Waals surface area contributed by atoms with Gasteiger partial charge >= 0.3 is 0 Å². The molecule has 0 fully saturated rings. The van der Waals surface area contributed by atoms with Crippen molar-refractivity contribution >= 4 is 17.5 Å². The molecule has 3 rings (SSSR count). The molecule has 0 bridgehead atoms. The molecule has 0 saturated heterocycles. The Morgan fingerprint density at radius 2 is 1.65 bits per heavy atom. The van der Waals surface area contributed by atoms with Gasteiger partial charge in [-0.1, -0.05) is 26.0 Å². The van der Waals surface area contributed by atoms with Gasteiger partial charge in [-0.25, -0.2) is 13.5 Å². The predicted molar refractivity (Wildman–Crippen MR) is 114 cm³/mol. The smallest absolute Gasteiger partial charge is 0.257 e. The number of benzene rings is 2. The van der Waals surface area contributed by atoms with E-state index < -0.39 is 35.1 Å². The highest BCUT2D eigenvalue weighted by Crippen LogP contribution is 2.18. The minimum absolute atomic E-state index is 0.321. The van der Waals surface area contributed by atoms with Crippen molar-refractivity contribution in [2.24, 2.45) is 5.92 Å². The third kappa shape index (κ3) is 4.96. The first-order valence-electron chi connectivity index (χ1n) is 9.87. The van der Waals surface area contributed by atoms with Crippen LogP contribution in [0.25, 0.3) is 5.69 Å². The third-order valence-electron chi connectivity index (χ3n) is 4.79. The highest BCUT2D eigenvalue weighted by molar-refractivity contribution is 6.01. The molecule has 0 aliphatic rings. The van der Waals surface area contributed by atoms with Crippen LogP contribution < -0.4 is 10.6 Å². The number of aryl methyl sites for hydroxylation is 2. The Morgan fingerprint density at radius 1 is 1.00 bits per heavy atom. The minimum Gasteiger partial charge on any atom is -0.340 e. The number of carbonyl (C=O) groups is 2. The van der Waals surface area contributed by atoms with Gasteiger partial charge in [0.15, 0.2) is 0 Å². The number of nitrogens with one attached hydrogen (secondary N) is 2. The molecule has 0 saturated carbocycles. The lowest BCUT2D eigenvalue weighted by molar-refractivity contribution is -0.118. The Bertz CT molecular complexity index is 1100. The van der Waals surface area contributed by atoms with Gasteiger partial charge in [-0.2, -0.15) is 5.10 Å². The summed E-state index contributed by atoms with van der Waals surface area (Å²) in [7, 11) is 0. The van der Waals surface area contributed by atoms with Crippen molar-refractivity contribution < 1.29 is 18.4 Å². The summed E-state index contributed by atoms with van der Waals surface area (Å²) in [6.45, 7) is 7.28. The molecule has 31 heavy (non-hydrogen) atoms. The normalized spacial score (nSPS) is 12.0. The average Bonchev–Trinajstić information content (AvgIpc) is 3.04. The van der Waals surface area contributed by atoms with Crippen LogP contribution in [0, 0.1) is 31.4 Å². The van der Waals surface area contributed by atoms with Crippen LogP contribution in [-0.2, 0) is 4.79 Å². The molecule has 6 nitrogen and oxygen atoms in total. The molecule has 8 heteroatoms. The van der Waals surface area contributed by atoms with Gasteiger partial charge < -0.3 is 10.6 Å². The fourth-order valence-corrected chi connectivity index (χ4v) is 3.29. The van der Waals surface area contributed by atoms with Crippen LogP contribution in [-0.4, -0.2) is 27.6 Å². The largest absolute Gasteiger partial charge is 0.340 e. The number of nitrogens with zero attached hydrogens (tertiary/aromatic N) is 2. The first-order valence-corrected chi connectivity index (χ1v) is 9.87. The number of rotatable bonds is 6. The highest BCUT2D eigenvalue weighted by Gasteiger charge is 2.27. The fourth-order valence-electron chi connectivity index (χ4n) is 3.29. The van der Waals surface area contributed by atoms with Crippen LogP contribution in [0.3, 0.4) is 0 Å². The molecule has 3 aromatic rings. The van der Waals surface area contributed by atoms with Gasteiger partial charge in [0.05, 0.1) is 11.4 Å². The number of halogens is 2. The summed E-state index contributed by atoms with van der Waals surface area (Å²) in [5.74, 6) is -3.78. The van der Waals surface area contributed by atoms with Crippen molar-refractivity contribution in [2.75, 3.05) is 5.32 Å². The number of aromatic nitrogens is 2. The number of carbonyl (C=O) groups excluding carboxylic acids is 2. The van der Waals surface area contributed by atoms with E-state index in [-0.39, 0.29) is 5.92 Å². The van der Waals surface area contributed by atoms with Gasteiger partial charge in [0.2, 0.25) is 5.91 Å². The molecule has 2 amide bonds. The molecular formula is C23H24F2N4O2. The van der Waals surface area contributed by atoms with Crippen LogP contribution >= 0.6 is 0 Å². The van der Waals surface area contributed by atoms with E-state index in [0.717, 1.165) is 29.2 Å². The Kier molecular flexibility index (Phi) is 6.48. The molecule has 0 radical (unpaired) electrons. The first-order chi connectivity index (χ1) is 14.7. The zero-order valence-electron chi connectivity index (χ0n) is 17.7. The Balaban J connectivity index is 1.79. The van der Waals surface area contributed by atoms with Crippen LogP contribution in [0.2, 0.25) is 0 Å². The van der Waals surface area contributed by atoms with Gasteiger partial charge in [0.1, 0.15) is 23.2 Å². The Labute approximate surface area is 179 Å². The average molecular weight is 426 g/mol. The Hall–Kier alpha value is -3.55. The molecular weight excluding hydrogens is 402 g/mol. The molecule has 2 N–H and O–H groups in total. The molecule has 0 spiro atoms. The zero-order valence-corrected chi connectivity index (χ0v) is 17.7. The van der Waals surface area contributed by atoms with E-state index in [1.807, 2.05) is 26.0 Å². The maximum atomic E-state index is 13.9. The summed E-state index contributed by atoms with van der Waals surface area (Å²) in [5, 5.41) is 9.64. The summed E-state index contributed by atoms with van der Waals surface area (Å²) in [5.41, 5.74) is 2.37. The second kappa shape index (κ2) is 9.07. The van der Waals surface area contributed by atoms with Crippen LogP contribution in [0.4, 0.5) is 14.5 Å². The van der Waals surface area contributed by atoms with E-state index in [1.165, 1.54) is 6.07 Å². The molecule has 0 unspecified atom stereocenters. The van der Waals surface area contributed by atoms with E-state index in [4.69, 9.17) is 0 Å². The molecule has 0 aliphatic heterocycles. The lowest BCUT2D eigenvalue weighted by atomic mass is 10.0. The first kappa shape index (κ1) is 22.1. The number of anilines is 1. The number of hydrogen-bond acceptors (Lipinski definition) is 3. The highest BCUT2D eigenvalue weighted by atomic mass is 19.1. The van der Waals surface area contributed by atoms with Gasteiger partial charge in [-0.3, -0.25) is 9.59 Å². The summed E-state index contributed by atoms with van der Waals surface area (Å²) >= 11 is 0. The maximum Gasteiger partial charge on any atom is 0.257 e. The molecule has 2 aromatic carbocycles. The van der Waals surface area contributed by atoms with Crippen molar-refractivity contribution in [2.45, 2.75) is 33.7 Å².